The summed E-state index contributed by atoms with van der Waals surface area (Å²) in [6, 6.07) is 2.17. The maximum atomic E-state index is 5.50. The van der Waals surface area contributed by atoms with Gasteiger partial charge in [0, 0.05) is 25.9 Å². The molecule has 7 heteroatoms. The summed E-state index contributed by atoms with van der Waals surface area (Å²) in [5.41, 5.74) is 0.718. The third kappa shape index (κ3) is 2.39. The van der Waals surface area contributed by atoms with Crippen LogP contribution in [0.1, 0.15) is 18.2 Å². The summed E-state index contributed by atoms with van der Waals surface area (Å²) in [5.74, 6) is 1.24. The van der Waals surface area contributed by atoms with Crippen LogP contribution in [0.3, 0.4) is 0 Å². The van der Waals surface area contributed by atoms with E-state index < -0.39 is 0 Å². The number of hydrogen-bond donors (Lipinski definition) is 1. The van der Waals surface area contributed by atoms with E-state index in [2.05, 4.69) is 20.6 Å². The fourth-order valence-corrected chi connectivity index (χ4v) is 2.35. The van der Waals surface area contributed by atoms with Gasteiger partial charge in [0.05, 0.1) is 12.5 Å². The van der Waals surface area contributed by atoms with E-state index in [1.54, 1.807) is 4.68 Å². The summed E-state index contributed by atoms with van der Waals surface area (Å²) in [6.07, 6.45) is 2.80. The highest BCUT2D eigenvalue weighted by molar-refractivity contribution is 5.46. The Balaban J connectivity index is 1.84. The average molecular weight is 263 g/mol. The Morgan fingerprint density at radius 2 is 2.37 bits per heavy atom. The minimum absolute atomic E-state index is 0.101. The van der Waals surface area contributed by atoms with Crippen molar-refractivity contribution < 1.29 is 9.26 Å². The smallest absolute Gasteiger partial charge is 0.234 e. The number of hydrogen-bond acceptors (Lipinski definition) is 6. The lowest BCUT2D eigenvalue weighted by atomic mass is 9.96. The number of ether oxygens (including phenoxy) is 1. The second-order valence-electron chi connectivity index (χ2n) is 4.70. The topological polar surface area (TPSA) is 78.0 Å². The average Bonchev–Trinajstić information content (AvgIpc) is 3.07. The summed E-state index contributed by atoms with van der Waals surface area (Å²) in [6.45, 7) is 1.37. The first-order valence-electron chi connectivity index (χ1n) is 6.36. The van der Waals surface area contributed by atoms with Crippen molar-refractivity contribution in [3.05, 3.63) is 18.2 Å². The van der Waals surface area contributed by atoms with E-state index in [4.69, 9.17) is 9.26 Å². The van der Waals surface area contributed by atoms with Crippen molar-refractivity contribution in [3.8, 4) is 11.5 Å². The molecule has 3 heterocycles. The number of aromatic nitrogens is 4. The van der Waals surface area contributed by atoms with E-state index in [1.165, 1.54) is 0 Å². The van der Waals surface area contributed by atoms with Gasteiger partial charge in [0.15, 0.2) is 0 Å². The molecule has 1 aliphatic rings. The van der Waals surface area contributed by atoms with Gasteiger partial charge < -0.3 is 14.6 Å². The van der Waals surface area contributed by atoms with Crippen LogP contribution in [0.25, 0.3) is 11.5 Å². The molecule has 0 aliphatic carbocycles. The van der Waals surface area contributed by atoms with Crippen LogP contribution in [0.5, 0.6) is 0 Å². The van der Waals surface area contributed by atoms with Crippen LogP contribution >= 0.6 is 0 Å². The molecule has 2 aromatic heterocycles. The van der Waals surface area contributed by atoms with Gasteiger partial charge >= 0.3 is 0 Å². The molecule has 0 bridgehead atoms. The first-order chi connectivity index (χ1) is 9.28. The van der Waals surface area contributed by atoms with Gasteiger partial charge in [-0.25, -0.2) is 0 Å². The number of aryl methyl sites for hydroxylation is 1. The molecule has 1 aliphatic heterocycles. The normalized spacial score (nSPS) is 23.7. The predicted molar refractivity (Wildman–Crippen MR) is 67.5 cm³/mol. The van der Waals surface area contributed by atoms with Crippen LogP contribution < -0.4 is 5.32 Å². The molecular formula is C12H17N5O2. The summed E-state index contributed by atoms with van der Waals surface area (Å²) in [5, 5.41) is 11.5. The molecule has 0 radical (unpaired) electrons. The zero-order valence-electron chi connectivity index (χ0n) is 11.0. The Hall–Kier alpha value is -1.73. The fraction of sp³-hybridized carbons (Fsp3) is 0.583. The molecule has 0 spiro atoms. The van der Waals surface area contributed by atoms with Crippen LogP contribution in [0.2, 0.25) is 0 Å². The number of nitrogens with zero attached hydrogens (tertiary/aromatic N) is 4. The first kappa shape index (κ1) is 12.3. The Morgan fingerprint density at radius 1 is 1.47 bits per heavy atom. The zero-order chi connectivity index (χ0) is 13.2. The Kier molecular flexibility index (Phi) is 3.31. The summed E-state index contributed by atoms with van der Waals surface area (Å²) >= 11 is 0. The zero-order valence-corrected chi connectivity index (χ0v) is 11.0. The van der Waals surface area contributed by atoms with Gasteiger partial charge in [-0.15, -0.1) is 0 Å². The molecule has 0 aromatic carbocycles. The van der Waals surface area contributed by atoms with E-state index in [-0.39, 0.29) is 5.92 Å². The molecule has 2 aromatic rings. The predicted octanol–water partition coefficient (Wildman–Crippen LogP) is 0.562. The van der Waals surface area contributed by atoms with Crippen molar-refractivity contribution in [3.63, 3.8) is 0 Å². The van der Waals surface area contributed by atoms with Crippen LogP contribution in [0.15, 0.2) is 16.8 Å². The second-order valence-corrected chi connectivity index (χ2v) is 4.70. The van der Waals surface area contributed by atoms with Crippen molar-refractivity contribution >= 4 is 0 Å². The van der Waals surface area contributed by atoms with Gasteiger partial charge in [-0.2, -0.15) is 10.1 Å². The van der Waals surface area contributed by atoms with Crippen LogP contribution in [-0.2, 0) is 11.8 Å². The molecule has 19 heavy (non-hydrogen) atoms. The summed E-state index contributed by atoms with van der Waals surface area (Å²) < 4.78 is 12.6. The highest BCUT2D eigenvalue weighted by Gasteiger charge is 2.31. The lowest BCUT2D eigenvalue weighted by Crippen LogP contribution is -2.39. The number of nitrogens with one attached hydrogen (secondary N) is 1. The monoisotopic (exact) mass is 263 g/mol. The molecule has 102 valence electrons. The molecule has 2 unspecified atom stereocenters. The largest absolute Gasteiger partial charge is 0.381 e. The minimum atomic E-state index is 0.101. The van der Waals surface area contributed by atoms with E-state index in [9.17, 15) is 0 Å². The highest BCUT2D eigenvalue weighted by atomic mass is 16.5. The Bertz CT molecular complexity index is 550. The molecule has 3 rings (SSSR count). The third-order valence-corrected chi connectivity index (χ3v) is 3.43. The van der Waals surface area contributed by atoms with Crippen molar-refractivity contribution in [2.75, 3.05) is 20.3 Å². The third-order valence-electron chi connectivity index (χ3n) is 3.43. The van der Waals surface area contributed by atoms with Crippen molar-refractivity contribution in [2.45, 2.75) is 18.4 Å². The number of likely N-dealkylation sites (N-methyl/N-ethyl adjacent to an activating group) is 1. The van der Waals surface area contributed by atoms with Crippen molar-refractivity contribution in [2.24, 2.45) is 7.05 Å². The second kappa shape index (κ2) is 5.10. The highest BCUT2D eigenvalue weighted by Crippen LogP contribution is 2.26. The van der Waals surface area contributed by atoms with Gasteiger partial charge in [-0.1, -0.05) is 5.16 Å². The lowest BCUT2D eigenvalue weighted by Gasteiger charge is -2.28. The maximum absolute atomic E-state index is 5.50. The maximum Gasteiger partial charge on any atom is 0.234 e. The van der Waals surface area contributed by atoms with Gasteiger partial charge in [0.25, 0.3) is 0 Å². The van der Waals surface area contributed by atoms with Crippen LogP contribution in [-0.4, -0.2) is 46.2 Å². The molecule has 7 nitrogen and oxygen atoms in total. The molecule has 2 atom stereocenters. The molecule has 0 saturated carbocycles. The van der Waals surface area contributed by atoms with Gasteiger partial charge in [-0.3, -0.25) is 4.68 Å². The molecule has 1 fully saturated rings. The molecule has 0 amide bonds. The standard InChI is InChI=1S/C12H17N5O2/c1-13-9-4-6-18-7-8(9)12-14-11(16-19-12)10-3-5-17(2)15-10/h3,5,8-9,13H,4,6-7H2,1-2H3. The summed E-state index contributed by atoms with van der Waals surface area (Å²) in [4.78, 5) is 4.44. The van der Waals surface area contributed by atoms with E-state index in [1.807, 2.05) is 26.4 Å². The summed E-state index contributed by atoms with van der Waals surface area (Å²) in [7, 11) is 3.80. The fourth-order valence-electron chi connectivity index (χ4n) is 2.35. The first-order valence-corrected chi connectivity index (χ1v) is 6.36. The number of rotatable bonds is 3. The Labute approximate surface area is 110 Å². The SMILES string of the molecule is CNC1CCOCC1c1nc(-c2ccn(C)n2)no1. The molecule has 1 saturated heterocycles. The van der Waals surface area contributed by atoms with Crippen molar-refractivity contribution in [1.82, 2.24) is 25.2 Å². The van der Waals surface area contributed by atoms with E-state index in [0.717, 1.165) is 18.7 Å². The van der Waals surface area contributed by atoms with Crippen LogP contribution in [0, 0.1) is 0 Å². The molecule has 1 N–H and O–H groups in total. The molecular weight excluding hydrogens is 246 g/mol. The Morgan fingerprint density at radius 3 is 3.11 bits per heavy atom. The van der Waals surface area contributed by atoms with Gasteiger partial charge in [-0.05, 0) is 19.5 Å². The van der Waals surface area contributed by atoms with E-state index in [0.29, 0.717) is 24.4 Å². The quantitative estimate of drug-likeness (QED) is 0.872. The minimum Gasteiger partial charge on any atom is -0.381 e. The lowest BCUT2D eigenvalue weighted by molar-refractivity contribution is 0.0516. The van der Waals surface area contributed by atoms with E-state index >= 15 is 0 Å². The van der Waals surface area contributed by atoms with Crippen molar-refractivity contribution in [1.29, 1.82) is 0 Å². The van der Waals surface area contributed by atoms with Gasteiger partial charge in [0.2, 0.25) is 11.7 Å². The van der Waals surface area contributed by atoms with Gasteiger partial charge in [0.1, 0.15) is 5.69 Å². The van der Waals surface area contributed by atoms with Crippen LogP contribution in [0.4, 0.5) is 0 Å².